The molecule has 0 amide bonds. The highest BCUT2D eigenvalue weighted by molar-refractivity contribution is 5.73. The van der Waals surface area contributed by atoms with Crippen LogP contribution in [0, 0.1) is 11.8 Å². The number of hydrogen-bond donors (Lipinski definition) is 2. The lowest BCUT2D eigenvalue weighted by atomic mass is 9.97. The molecule has 1 heterocycles. The number of hydrogen-bond acceptors (Lipinski definition) is 4. The molecule has 1 saturated heterocycles. The lowest BCUT2D eigenvalue weighted by Gasteiger charge is -2.12. The first-order valence-electron chi connectivity index (χ1n) is 3.69. The van der Waals surface area contributed by atoms with E-state index in [4.69, 9.17) is 5.11 Å². The first kappa shape index (κ1) is 8.49. The number of carbonyl (C=O) groups is 1. The molecular formula is C7H13NO3. The van der Waals surface area contributed by atoms with Gasteiger partial charge in [0, 0.05) is 25.6 Å². The highest BCUT2D eigenvalue weighted by Gasteiger charge is 2.32. The van der Waals surface area contributed by atoms with Crippen LogP contribution in [0.2, 0.25) is 0 Å². The highest BCUT2D eigenvalue weighted by atomic mass is 16.5. The smallest absolute Gasteiger partial charge is 0.310 e. The van der Waals surface area contributed by atoms with Crippen LogP contribution in [0.25, 0.3) is 0 Å². The van der Waals surface area contributed by atoms with Gasteiger partial charge >= 0.3 is 5.97 Å². The first-order valence-corrected chi connectivity index (χ1v) is 3.69. The van der Waals surface area contributed by atoms with Crippen LogP contribution in [-0.4, -0.2) is 37.9 Å². The van der Waals surface area contributed by atoms with Crippen molar-refractivity contribution in [1.29, 1.82) is 0 Å². The van der Waals surface area contributed by atoms with Crippen LogP contribution in [0.15, 0.2) is 0 Å². The lowest BCUT2D eigenvalue weighted by Crippen LogP contribution is -2.25. The molecule has 0 saturated carbocycles. The minimum Gasteiger partial charge on any atom is -0.469 e. The fourth-order valence-corrected chi connectivity index (χ4v) is 1.35. The van der Waals surface area contributed by atoms with Crippen molar-refractivity contribution in [3.05, 3.63) is 0 Å². The molecule has 0 spiro atoms. The Bertz CT molecular complexity index is 149. The van der Waals surface area contributed by atoms with Gasteiger partial charge in [-0.05, 0) is 0 Å². The van der Waals surface area contributed by atoms with Gasteiger partial charge in [0.15, 0.2) is 0 Å². The topological polar surface area (TPSA) is 58.6 Å². The van der Waals surface area contributed by atoms with Crippen molar-refractivity contribution in [1.82, 2.24) is 5.32 Å². The standard InChI is InChI=1S/C7H13NO3/c1-11-7(10)6-3-8-2-5(6)4-9/h5-6,8-9H,2-4H2,1H3. The van der Waals surface area contributed by atoms with E-state index >= 15 is 0 Å². The number of aliphatic hydroxyl groups excluding tert-OH is 1. The third kappa shape index (κ3) is 1.70. The number of ether oxygens (including phenoxy) is 1. The molecule has 64 valence electrons. The zero-order chi connectivity index (χ0) is 8.27. The Balaban J connectivity index is 2.49. The Morgan fingerprint density at radius 1 is 1.73 bits per heavy atom. The average molecular weight is 159 g/mol. The van der Waals surface area contributed by atoms with Crippen LogP contribution in [0.1, 0.15) is 0 Å². The third-order valence-electron chi connectivity index (χ3n) is 2.08. The maximum atomic E-state index is 11.0. The molecule has 4 heteroatoms. The molecule has 1 aliphatic rings. The van der Waals surface area contributed by atoms with Gasteiger partial charge < -0.3 is 15.2 Å². The van der Waals surface area contributed by atoms with Gasteiger partial charge in [-0.1, -0.05) is 0 Å². The summed E-state index contributed by atoms with van der Waals surface area (Å²) >= 11 is 0. The summed E-state index contributed by atoms with van der Waals surface area (Å²) in [7, 11) is 1.37. The van der Waals surface area contributed by atoms with E-state index in [2.05, 4.69) is 10.1 Å². The maximum absolute atomic E-state index is 11.0. The molecule has 0 radical (unpaired) electrons. The van der Waals surface area contributed by atoms with E-state index < -0.39 is 0 Å². The summed E-state index contributed by atoms with van der Waals surface area (Å²) in [6.45, 7) is 1.38. The number of aliphatic hydroxyl groups is 1. The first-order chi connectivity index (χ1) is 5.29. The molecular weight excluding hydrogens is 146 g/mol. The summed E-state index contributed by atoms with van der Waals surface area (Å²) in [6, 6.07) is 0. The summed E-state index contributed by atoms with van der Waals surface area (Å²) in [6.07, 6.45) is 0. The molecule has 0 aromatic rings. The van der Waals surface area contributed by atoms with Crippen molar-refractivity contribution in [2.24, 2.45) is 11.8 Å². The summed E-state index contributed by atoms with van der Waals surface area (Å²) < 4.78 is 4.58. The van der Waals surface area contributed by atoms with E-state index in [1.807, 2.05) is 0 Å². The quantitative estimate of drug-likeness (QED) is 0.507. The molecule has 0 aromatic carbocycles. The molecule has 2 unspecified atom stereocenters. The van der Waals surface area contributed by atoms with Crippen molar-refractivity contribution >= 4 is 5.97 Å². The molecule has 1 aliphatic heterocycles. The molecule has 4 nitrogen and oxygen atoms in total. The van der Waals surface area contributed by atoms with Crippen molar-refractivity contribution < 1.29 is 14.6 Å². The summed E-state index contributed by atoms with van der Waals surface area (Å²) in [5.41, 5.74) is 0. The maximum Gasteiger partial charge on any atom is 0.310 e. The predicted molar refractivity (Wildman–Crippen MR) is 39.0 cm³/mol. The zero-order valence-electron chi connectivity index (χ0n) is 6.54. The minimum atomic E-state index is -0.228. The van der Waals surface area contributed by atoms with Crippen molar-refractivity contribution in [3.63, 3.8) is 0 Å². The van der Waals surface area contributed by atoms with Gasteiger partial charge in [0.2, 0.25) is 0 Å². The molecule has 0 aromatic heterocycles. The SMILES string of the molecule is COC(=O)C1CNCC1CO. The fourth-order valence-electron chi connectivity index (χ4n) is 1.35. The number of carbonyl (C=O) groups excluding carboxylic acids is 1. The molecule has 2 atom stereocenters. The lowest BCUT2D eigenvalue weighted by molar-refractivity contribution is -0.146. The Morgan fingerprint density at radius 2 is 2.45 bits per heavy atom. The number of esters is 1. The number of methoxy groups -OCH3 is 1. The third-order valence-corrected chi connectivity index (χ3v) is 2.08. The molecule has 1 fully saturated rings. The number of rotatable bonds is 2. The van der Waals surface area contributed by atoms with Crippen molar-refractivity contribution in [3.8, 4) is 0 Å². The molecule has 2 N–H and O–H groups in total. The van der Waals surface area contributed by atoms with E-state index in [0.29, 0.717) is 13.1 Å². The average Bonchev–Trinajstić information content (AvgIpc) is 2.50. The second-order valence-electron chi connectivity index (χ2n) is 2.73. The Kier molecular flexibility index (Phi) is 2.84. The Morgan fingerprint density at radius 3 is 3.00 bits per heavy atom. The van der Waals surface area contributed by atoms with Crippen LogP contribution in [0.3, 0.4) is 0 Å². The Hall–Kier alpha value is -0.610. The van der Waals surface area contributed by atoms with Crippen LogP contribution >= 0.6 is 0 Å². The van der Waals surface area contributed by atoms with Crippen LogP contribution in [0.4, 0.5) is 0 Å². The van der Waals surface area contributed by atoms with Gasteiger partial charge in [0.05, 0.1) is 13.0 Å². The van der Waals surface area contributed by atoms with Gasteiger partial charge in [-0.15, -0.1) is 0 Å². The summed E-state index contributed by atoms with van der Waals surface area (Å²) in [4.78, 5) is 11.0. The van der Waals surface area contributed by atoms with E-state index in [-0.39, 0.29) is 24.4 Å². The van der Waals surface area contributed by atoms with Gasteiger partial charge in [0.1, 0.15) is 0 Å². The van der Waals surface area contributed by atoms with Crippen LogP contribution in [0.5, 0.6) is 0 Å². The highest BCUT2D eigenvalue weighted by Crippen LogP contribution is 2.16. The summed E-state index contributed by atoms with van der Waals surface area (Å²) in [5, 5.41) is 11.9. The van der Waals surface area contributed by atoms with Gasteiger partial charge in [0.25, 0.3) is 0 Å². The molecule has 0 bridgehead atoms. The molecule has 11 heavy (non-hydrogen) atoms. The van der Waals surface area contributed by atoms with Gasteiger partial charge in [-0.3, -0.25) is 4.79 Å². The second-order valence-corrected chi connectivity index (χ2v) is 2.73. The van der Waals surface area contributed by atoms with E-state index in [0.717, 1.165) is 0 Å². The number of nitrogens with one attached hydrogen (secondary N) is 1. The van der Waals surface area contributed by atoms with E-state index in [9.17, 15) is 4.79 Å². The Labute approximate surface area is 65.5 Å². The largest absolute Gasteiger partial charge is 0.469 e. The predicted octanol–water partition coefficient (Wildman–Crippen LogP) is -1.01. The fraction of sp³-hybridized carbons (Fsp3) is 0.857. The molecule has 0 aliphatic carbocycles. The monoisotopic (exact) mass is 159 g/mol. The van der Waals surface area contributed by atoms with Crippen molar-refractivity contribution in [2.75, 3.05) is 26.8 Å². The van der Waals surface area contributed by atoms with E-state index in [1.54, 1.807) is 0 Å². The normalized spacial score (nSPS) is 30.4. The van der Waals surface area contributed by atoms with Gasteiger partial charge in [-0.2, -0.15) is 0 Å². The van der Waals surface area contributed by atoms with Gasteiger partial charge in [-0.25, -0.2) is 0 Å². The van der Waals surface area contributed by atoms with Crippen molar-refractivity contribution in [2.45, 2.75) is 0 Å². The summed E-state index contributed by atoms with van der Waals surface area (Å²) in [5.74, 6) is -0.360. The zero-order valence-corrected chi connectivity index (χ0v) is 6.54. The van der Waals surface area contributed by atoms with E-state index in [1.165, 1.54) is 7.11 Å². The van der Waals surface area contributed by atoms with Crippen LogP contribution in [-0.2, 0) is 9.53 Å². The molecule has 1 rings (SSSR count). The van der Waals surface area contributed by atoms with Crippen LogP contribution < -0.4 is 5.32 Å². The second kappa shape index (κ2) is 3.69. The minimum absolute atomic E-state index is 0.0300.